The van der Waals surface area contributed by atoms with Gasteiger partial charge in [-0.25, -0.2) is 4.79 Å². The van der Waals surface area contributed by atoms with Crippen LogP contribution in [0.5, 0.6) is 0 Å². The van der Waals surface area contributed by atoms with Crippen LogP contribution in [0.25, 0.3) is 0 Å². The molecule has 2 unspecified atom stereocenters. The zero-order valence-electron chi connectivity index (χ0n) is 12.7. The minimum absolute atomic E-state index is 0.190. The Kier molecular flexibility index (Phi) is 4.81. The molecule has 2 rings (SSSR count). The zero-order chi connectivity index (χ0) is 14.7. The average Bonchev–Trinajstić information content (AvgIpc) is 2.47. The number of hydrogen-bond donors (Lipinski definition) is 1. The third-order valence-electron chi connectivity index (χ3n) is 4.51. The smallest absolute Gasteiger partial charge is 0.309 e. The van der Waals surface area contributed by atoms with E-state index in [2.05, 4.69) is 12.2 Å². The third kappa shape index (κ3) is 3.03. The van der Waals surface area contributed by atoms with E-state index in [9.17, 15) is 9.59 Å². The molecule has 1 N–H and O–H groups in total. The summed E-state index contributed by atoms with van der Waals surface area (Å²) in [6, 6.07) is 0.496. The zero-order valence-corrected chi connectivity index (χ0v) is 12.7. The first kappa shape index (κ1) is 15.0. The lowest BCUT2D eigenvalue weighted by Crippen LogP contribution is -2.42. The van der Waals surface area contributed by atoms with Gasteiger partial charge < -0.3 is 9.88 Å². The molecule has 0 aliphatic heterocycles. The third-order valence-corrected chi connectivity index (χ3v) is 4.51. The van der Waals surface area contributed by atoms with Crippen LogP contribution in [-0.2, 0) is 20.6 Å². The molecule has 1 fully saturated rings. The van der Waals surface area contributed by atoms with Crippen molar-refractivity contribution in [3.05, 3.63) is 32.6 Å². The van der Waals surface area contributed by atoms with Gasteiger partial charge in [-0.05, 0) is 18.8 Å². The largest absolute Gasteiger partial charge is 0.330 e. The summed E-state index contributed by atoms with van der Waals surface area (Å²) in [4.78, 5) is 23.7. The monoisotopic (exact) mass is 279 g/mol. The number of aryl methyl sites for hydroxylation is 1. The van der Waals surface area contributed by atoms with Crippen LogP contribution in [-0.4, -0.2) is 15.2 Å². The highest BCUT2D eigenvalue weighted by atomic mass is 16.2. The fourth-order valence-corrected chi connectivity index (χ4v) is 3.21. The van der Waals surface area contributed by atoms with E-state index in [-0.39, 0.29) is 11.2 Å². The molecule has 0 amide bonds. The van der Waals surface area contributed by atoms with E-state index in [0.717, 1.165) is 0 Å². The lowest BCUT2D eigenvalue weighted by atomic mass is 9.83. The van der Waals surface area contributed by atoms with Crippen LogP contribution in [0.1, 0.15) is 44.6 Å². The molecule has 20 heavy (non-hydrogen) atoms. The van der Waals surface area contributed by atoms with Crippen molar-refractivity contribution in [1.82, 2.24) is 14.5 Å². The molecule has 112 valence electrons. The highest BCUT2D eigenvalue weighted by molar-refractivity contribution is 5.05. The Bertz CT molecular complexity index is 573. The molecule has 1 heterocycles. The maximum Gasteiger partial charge on any atom is 0.330 e. The van der Waals surface area contributed by atoms with E-state index in [1.807, 2.05) is 0 Å². The van der Waals surface area contributed by atoms with Gasteiger partial charge in [0.25, 0.3) is 5.56 Å². The van der Waals surface area contributed by atoms with Gasteiger partial charge >= 0.3 is 5.69 Å². The second-order valence-corrected chi connectivity index (χ2v) is 5.85. The first-order valence-corrected chi connectivity index (χ1v) is 7.53. The molecule has 0 bridgehead atoms. The Morgan fingerprint density at radius 2 is 1.95 bits per heavy atom. The molecule has 5 nitrogen and oxygen atoms in total. The molecule has 0 aromatic carbocycles. The molecule has 0 saturated heterocycles. The first-order valence-electron chi connectivity index (χ1n) is 7.53. The Morgan fingerprint density at radius 3 is 2.65 bits per heavy atom. The minimum atomic E-state index is -0.275. The number of aromatic nitrogens is 2. The van der Waals surface area contributed by atoms with Crippen molar-refractivity contribution >= 4 is 0 Å². The molecule has 1 aliphatic carbocycles. The molecule has 5 heteroatoms. The van der Waals surface area contributed by atoms with Gasteiger partial charge in [-0.2, -0.15) is 0 Å². The predicted molar refractivity (Wildman–Crippen MR) is 79.8 cm³/mol. The van der Waals surface area contributed by atoms with E-state index in [1.54, 1.807) is 13.2 Å². The van der Waals surface area contributed by atoms with Gasteiger partial charge in [0.05, 0.1) is 0 Å². The van der Waals surface area contributed by atoms with Crippen LogP contribution in [0.2, 0.25) is 0 Å². The predicted octanol–water partition coefficient (Wildman–Crippen LogP) is 1.14. The molecule has 1 aromatic rings. The fraction of sp³-hybridized carbons (Fsp3) is 0.733. The number of hydrogen-bond acceptors (Lipinski definition) is 3. The number of nitrogens with one attached hydrogen (secondary N) is 1. The van der Waals surface area contributed by atoms with Crippen LogP contribution in [0, 0.1) is 5.92 Å². The van der Waals surface area contributed by atoms with E-state index in [0.29, 0.717) is 24.1 Å². The average molecular weight is 279 g/mol. The summed E-state index contributed by atoms with van der Waals surface area (Å²) in [6.07, 6.45) is 7.88. The van der Waals surface area contributed by atoms with E-state index >= 15 is 0 Å². The summed E-state index contributed by atoms with van der Waals surface area (Å²) >= 11 is 0. The van der Waals surface area contributed by atoms with Crippen molar-refractivity contribution in [2.75, 3.05) is 0 Å². The SMILES string of the molecule is CCC1CCCCC1NCc1cn(C)c(=O)n(C)c1=O. The number of nitrogens with zero attached hydrogens (tertiary/aromatic N) is 2. The number of rotatable bonds is 4. The molecule has 1 aliphatic rings. The maximum atomic E-state index is 12.1. The second kappa shape index (κ2) is 6.39. The van der Waals surface area contributed by atoms with Crippen LogP contribution in [0.15, 0.2) is 15.8 Å². The van der Waals surface area contributed by atoms with Gasteiger partial charge in [-0.3, -0.25) is 9.36 Å². The van der Waals surface area contributed by atoms with E-state index < -0.39 is 0 Å². The molecule has 1 saturated carbocycles. The van der Waals surface area contributed by atoms with Crippen molar-refractivity contribution in [3.8, 4) is 0 Å². The molecular formula is C15H25N3O2. The summed E-state index contributed by atoms with van der Waals surface area (Å²) in [7, 11) is 3.21. The highest BCUT2D eigenvalue weighted by Crippen LogP contribution is 2.26. The first-order chi connectivity index (χ1) is 9.54. The summed E-state index contributed by atoms with van der Waals surface area (Å²) in [5, 5.41) is 3.52. The van der Waals surface area contributed by atoms with Gasteiger partial charge in [-0.1, -0.05) is 26.2 Å². The van der Waals surface area contributed by atoms with Crippen molar-refractivity contribution in [2.24, 2.45) is 20.0 Å². The molecule has 2 atom stereocenters. The lowest BCUT2D eigenvalue weighted by Gasteiger charge is -2.31. The summed E-state index contributed by atoms with van der Waals surface area (Å²) in [5.74, 6) is 0.708. The van der Waals surface area contributed by atoms with Gasteiger partial charge in [0, 0.05) is 38.4 Å². The van der Waals surface area contributed by atoms with E-state index in [1.165, 1.54) is 48.3 Å². The second-order valence-electron chi connectivity index (χ2n) is 5.85. The van der Waals surface area contributed by atoms with Gasteiger partial charge in [0.1, 0.15) is 0 Å². The molecule has 1 aromatic heterocycles. The quantitative estimate of drug-likeness (QED) is 0.899. The molecule has 0 spiro atoms. The fourth-order valence-electron chi connectivity index (χ4n) is 3.21. The summed E-state index contributed by atoms with van der Waals surface area (Å²) in [5.41, 5.74) is 0.197. The Balaban J connectivity index is 2.11. The van der Waals surface area contributed by atoms with Gasteiger partial charge in [0.2, 0.25) is 0 Å². The standard InChI is InChI=1S/C15H25N3O2/c1-4-11-7-5-6-8-13(11)16-9-12-10-17(2)15(20)18(3)14(12)19/h10-11,13,16H,4-9H2,1-3H3. The summed E-state index contributed by atoms with van der Waals surface area (Å²) in [6.45, 7) is 2.78. The van der Waals surface area contributed by atoms with Crippen LogP contribution >= 0.6 is 0 Å². The minimum Gasteiger partial charge on any atom is -0.309 e. The van der Waals surface area contributed by atoms with Crippen molar-refractivity contribution < 1.29 is 0 Å². The van der Waals surface area contributed by atoms with Gasteiger partial charge in [-0.15, -0.1) is 0 Å². The molecular weight excluding hydrogens is 254 g/mol. The van der Waals surface area contributed by atoms with Crippen molar-refractivity contribution in [2.45, 2.75) is 51.6 Å². The van der Waals surface area contributed by atoms with Crippen LogP contribution in [0.4, 0.5) is 0 Å². The normalized spacial score (nSPS) is 22.9. The van der Waals surface area contributed by atoms with Crippen molar-refractivity contribution in [1.29, 1.82) is 0 Å². The van der Waals surface area contributed by atoms with Gasteiger partial charge in [0.15, 0.2) is 0 Å². The Hall–Kier alpha value is -1.36. The topological polar surface area (TPSA) is 56.0 Å². The Morgan fingerprint density at radius 1 is 1.25 bits per heavy atom. The molecule has 0 radical (unpaired) electrons. The Labute approximate surface area is 119 Å². The van der Waals surface area contributed by atoms with Crippen molar-refractivity contribution in [3.63, 3.8) is 0 Å². The van der Waals surface area contributed by atoms with E-state index in [4.69, 9.17) is 0 Å². The highest BCUT2D eigenvalue weighted by Gasteiger charge is 2.23. The summed E-state index contributed by atoms with van der Waals surface area (Å²) < 4.78 is 2.64. The van der Waals surface area contributed by atoms with Crippen LogP contribution < -0.4 is 16.6 Å². The lowest BCUT2D eigenvalue weighted by molar-refractivity contribution is 0.254. The maximum absolute atomic E-state index is 12.1. The van der Waals surface area contributed by atoms with Crippen LogP contribution in [0.3, 0.4) is 0 Å².